The number of nitrogen functional groups attached to an aromatic ring is 1. The molecule has 0 bridgehead atoms. The van der Waals surface area contributed by atoms with Crippen molar-refractivity contribution in [3.05, 3.63) is 28.3 Å². The Labute approximate surface area is 126 Å². The smallest absolute Gasteiger partial charge is 0.305 e. The Morgan fingerprint density at radius 2 is 2.24 bits per heavy atom. The Kier molecular flexibility index (Phi) is 6.34. The lowest BCUT2D eigenvalue weighted by molar-refractivity contribution is -0.383. The molecule has 0 aliphatic heterocycles. The number of carbonyl (C=O) groups is 1. The van der Waals surface area contributed by atoms with Crippen molar-refractivity contribution in [2.45, 2.75) is 12.8 Å². The molecule has 4 N–H and O–H groups in total. The van der Waals surface area contributed by atoms with Crippen molar-refractivity contribution in [1.82, 2.24) is 5.32 Å². The maximum Gasteiger partial charge on any atom is 0.305 e. The molecule has 0 aromatic heterocycles. The second-order valence-electron chi connectivity index (χ2n) is 4.09. The number of esters is 1. The van der Waals surface area contributed by atoms with Gasteiger partial charge in [0.15, 0.2) is 5.11 Å². The molecule has 1 aromatic rings. The summed E-state index contributed by atoms with van der Waals surface area (Å²) in [7, 11) is 1.33. The van der Waals surface area contributed by atoms with Crippen LogP contribution in [0.1, 0.15) is 12.8 Å². The van der Waals surface area contributed by atoms with Gasteiger partial charge in [0.05, 0.1) is 12.0 Å². The second-order valence-corrected chi connectivity index (χ2v) is 4.50. The summed E-state index contributed by atoms with van der Waals surface area (Å²) in [6.07, 6.45) is 0.857. The Bertz CT molecular complexity index is 550. The first kappa shape index (κ1) is 16.6. The van der Waals surface area contributed by atoms with Gasteiger partial charge < -0.3 is 21.1 Å². The Morgan fingerprint density at radius 1 is 1.52 bits per heavy atom. The van der Waals surface area contributed by atoms with Crippen molar-refractivity contribution < 1.29 is 14.5 Å². The molecule has 0 saturated carbocycles. The molecule has 0 aliphatic rings. The normalized spacial score (nSPS) is 9.76. The molecule has 9 heteroatoms. The SMILES string of the molecule is COC(=O)CCCNC(=S)Nc1ccc(N)c([N+](=O)[O-])c1. The summed E-state index contributed by atoms with van der Waals surface area (Å²) >= 11 is 5.05. The quantitative estimate of drug-likeness (QED) is 0.180. The van der Waals surface area contributed by atoms with E-state index in [1.165, 1.54) is 19.2 Å². The predicted molar refractivity (Wildman–Crippen MR) is 83.0 cm³/mol. The third-order valence-corrected chi connectivity index (χ3v) is 2.80. The van der Waals surface area contributed by atoms with Crippen molar-refractivity contribution in [3.63, 3.8) is 0 Å². The molecule has 0 fully saturated rings. The van der Waals surface area contributed by atoms with Crippen LogP contribution in [0.15, 0.2) is 18.2 Å². The zero-order chi connectivity index (χ0) is 15.8. The summed E-state index contributed by atoms with van der Waals surface area (Å²) in [5, 5.41) is 16.8. The van der Waals surface area contributed by atoms with E-state index in [0.717, 1.165) is 0 Å². The number of benzene rings is 1. The fraction of sp³-hybridized carbons (Fsp3) is 0.333. The first-order valence-corrected chi connectivity index (χ1v) is 6.50. The van der Waals surface area contributed by atoms with E-state index in [4.69, 9.17) is 18.0 Å². The summed E-state index contributed by atoms with van der Waals surface area (Å²) < 4.78 is 4.51. The van der Waals surface area contributed by atoms with Crippen LogP contribution in [0.5, 0.6) is 0 Å². The van der Waals surface area contributed by atoms with Crippen LogP contribution in [0.4, 0.5) is 17.1 Å². The highest BCUT2D eigenvalue weighted by molar-refractivity contribution is 7.80. The van der Waals surface area contributed by atoms with Crippen LogP contribution in [0.25, 0.3) is 0 Å². The number of rotatable bonds is 6. The number of nitrogens with one attached hydrogen (secondary N) is 2. The van der Waals surface area contributed by atoms with Gasteiger partial charge in [-0.2, -0.15) is 0 Å². The number of hydrogen-bond acceptors (Lipinski definition) is 6. The van der Waals surface area contributed by atoms with Crippen molar-refractivity contribution in [2.75, 3.05) is 24.7 Å². The molecule has 0 atom stereocenters. The number of nitrogens with zero attached hydrogens (tertiary/aromatic N) is 1. The van der Waals surface area contributed by atoms with E-state index < -0.39 is 4.92 Å². The molecule has 0 saturated heterocycles. The average molecular weight is 312 g/mol. The number of methoxy groups -OCH3 is 1. The Morgan fingerprint density at radius 3 is 2.86 bits per heavy atom. The van der Waals surface area contributed by atoms with Crippen LogP contribution in [0.2, 0.25) is 0 Å². The van der Waals surface area contributed by atoms with Gasteiger partial charge in [-0.3, -0.25) is 14.9 Å². The second kappa shape index (κ2) is 8.00. The first-order valence-electron chi connectivity index (χ1n) is 6.09. The number of hydrogen-bond donors (Lipinski definition) is 3. The highest BCUT2D eigenvalue weighted by Gasteiger charge is 2.12. The Balaban J connectivity index is 2.46. The van der Waals surface area contributed by atoms with Gasteiger partial charge in [-0.1, -0.05) is 0 Å². The van der Waals surface area contributed by atoms with Crippen molar-refractivity contribution in [3.8, 4) is 0 Å². The van der Waals surface area contributed by atoms with Crippen LogP contribution in [0.3, 0.4) is 0 Å². The van der Waals surface area contributed by atoms with Crippen molar-refractivity contribution in [2.24, 2.45) is 0 Å². The minimum atomic E-state index is -0.562. The third kappa shape index (κ3) is 5.61. The molecule has 114 valence electrons. The number of nitro benzene ring substituents is 1. The number of carbonyl (C=O) groups excluding carboxylic acids is 1. The molecule has 0 amide bonds. The van der Waals surface area contributed by atoms with Gasteiger partial charge in [-0.05, 0) is 30.8 Å². The summed E-state index contributed by atoms with van der Waals surface area (Å²) in [5.74, 6) is -0.287. The van der Waals surface area contributed by atoms with Gasteiger partial charge in [0.1, 0.15) is 5.69 Å². The summed E-state index contributed by atoms with van der Waals surface area (Å²) in [4.78, 5) is 21.1. The van der Waals surface area contributed by atoms with Gasteiger partial charge >= 0.3 is 5.97 Å². The molecular weight excluding hydrogens is 296 g/mol. The minimum absolute atomic E-state index is 0.0857. The van der Waals surface area contributed by atoms with E-state index in [0.29, 0.717) is 30.2 Å². The zero-order valence-corrected chi connectivity index (χ0v) is 12.2. The molecule has 0 unspecified atom stereocenters. The Hall–Kier alpha value is -2.42. The molecular formula is C12H16N4O4S. The van der Waals surface area contributed by atoms with Crippen molar-refractivity contribution >= 4 is 40.4 Å². The molecule has 0 aliphatic carbocycles. The zero-order valence-electron chi connectivity index (χ0n) is 11.4. The number of thiocarbonyl (C=S) groups is 1. The molecule has 0 heterocycles. The average Bonchev–Trinajstić information content (AvgIpc) is 2.45. The highest BCUT2D eigenvalue weighted by Crippen LogP contribution is 2.24. The standard InChI is InChI=1S/C12H16N4O4S/c1-20-11(17)3-2-6-14-12(21)15-8-4-5-9(13)10(7-8)16(18)19/h4-5,7H,2-3,6,13H2,1H3,(H2,14,15,21). The number of ether oxygens (including phenoxy) is 1. The lowest BCUT2D eigenvalue weighted by atomic mass is 10.2. The van der Waals surface area contributed by atoms with E-state index >= 15 is 0 Å². The first-order chi connectivity index (χ1) is 9.93. The summed E-state index contributed by atoms with van der Waals surface area (Å²) in [6, 6.07) is 4.32. The number of nitro groups is 1. The lowest BCUT2D eigenvalue weighted by Crippen LogP contribution is -2.29. The molecule has 0 radical (unpaired) electrons. The van der Waals surface area contributed by atoms with Crippen LogP contribution in [-0.2, 0) is 9.53 Å². The van der Waals surface area contributed by atoms with Crippen molar-refractivity contribution in [1.29, 1.82) is 0 Å². The number of anilines is 2. The van der Waals surface area contributed by atoms with E-state index in [9.17, 15) is 14.9 Å². The fourth-order valence-electron chi connectivity index (χ4n) is 1.49. The van der Waals surface area contributed by atoms with Gasteiger partial charge in [-0.25, -0.2) is 0 Å². The van der Waals surface area contributed by atoms with Gasteiger partial charge in [0.2, 0.25) is 0 Å². The van der Waals surface area contributed by atoms with E-state index in [-0.39, 0.29) is 17.3 Å². The fourth-order valence-corrected chi connectivity index (χ4v) is 1.71. The van der Waals surface area contributed by atoms with Gasteiger partial charge in [-0.15, -0.1) is 0 Å². The summed E-state index contributed by atoms with van der Waals surface area (Å²) in [5.41, 5.74) is 5.86. The maximum absolute atomic E-state index is 10.9. The molecule has 1 rings (SSSR count). The molecule has 0 spiro atoms. The minimum Gasteiger partial charge on any atom is -0.469 e. The van der Waals surface area contributed by atoms with Crippen LogP contribution in [0, 0.1) is 10.1 Å². The maximum atomic E-state index is 10.9. The van der Waals surface area contributed by atoms with E-state index in [1.54, 1.807) is 6.07 Å². The largest absolute Gasteiger partial charge is 0.469 e. The highest BCUT2D eigenvalue weighted by atomic mass is 32.1. The van der Waals surface area contributed by atoms with Crippen LogP contribution >= 0.6 is 12.2 Å². The lowest BCUT2D eigenvalue weighted by Gasteiger charge is -2.10. The molecule has 1 aromatic carbocycles. The van der Waals surface area contributed by atoms with Crippen LogP contribution in [-0.4, -0.2) is 29.7 Å². The van der Waals surface area contributed by atoms with E-state index in [2.05, 4.69) is 15.4 Å². The predicted octanol–water partition coefficient (Wildman–Crippen LogP) is 1.42. The van der Waals surface area contributed by atoms with Gasteiger partial charge in [0.25, 0.3) is 5.69 Å². The number of nitrogens with two attached hydrogens (primary N) is 1. The third-order valence-electron chi connectivity index (χ3n) is 2.56. The van der Waals surface area contributed by atoms with Gasteiger partial charge in [0, 0.05) is 24.7 Å². The topological polar surface area (TPSA) is 120 Å². The van der Waals surface area contributed by atoms with Crippen LogP contribution < -0.4 is 16.4 Å². The molecule has 21 heavy (non-hydrogen) atoms. The molecule has 8 nitrogen and oxygen atoms in total. The monoisotopic (exact) mass is 312 g/mol. The summed E-state index contributed by atoms with van der Waals surface area (Å²) in [6.45, 7) is 0.484. The van der Waals surface area contributed by atoms with E-state index in [1.807, 2.05) is 0 Å².